The van der Waals surface area contributed by atoms with E-state index in [9.17, 15) is 4.79 Å². The van der Waals surface area contributed by atoms with Crippen molar-refractivity contribution in [2.75, 3.05) is 31.1 Å². The average molecular weight is 406 g/mol. The second-order valence-electron chi connectivity index (χ2n) is 7.99. The Balaban J connectivity index is 1.24. The molecule has 0 saturated carbocycles. The first-order valence-corrected chi connectivity index (χ1v) is 10.7. The fourth-order valence-electron chi connectivity index (χ4n) is 4.25. The molecule has 4 heterocycles. The predicted molar refractivity (Wildman–Crippen MR) is 113 cm³/mol. The van der Waals surface area contributed by atoms with E-state index >= 15 is 0 Å². The maximum Gasteiger partial charge on any atom is 0.223 e. The summed E-state index contributed by atoms with van der Waals surface area (Å²) in [7, 11) is 0. The molecule has 3 aromatic rings. The van der Waals surface area contributed by atoms with Crippen molar-refractivity contribution in [3.05, 3.63) is 42.5 Å². The first kappa shape index (κ1) is 19.0. The topological polar surface area (TPSA) is 84.6 Å². The Hall–Kier alpha value is -3.00. The lowest BCUT2D eigenvalue weighted by Gasteiger charge is -2.32. The maximum atomic E-state index is 12.5. The van der Waals surface area contributed by atoms with E-state index in [0.29, 0.717) is 6.54 Å². The number of hydrogen-bond donors (Lipinski definition) is 1. The number of fused-ring (bicyclic) bond motifs is 1. The quantitative estimate of drug-likeness (QED) is 0.700. The third-order valence-electron chi connectivity index (χ3n) is 6.00. The zero-order valence-electron chi connectivity index (χ0n) is 16.9. The summed E-state index contributed by atoms with van der Waals surface area (Å²) in [5, 5.41) is 16.4. The van der Waals surface area contributed by atoms with Crippen LogP contribution in [0.4, 0.5) is 5.82 Å². The van der Waals surface area contributed by atoms with Gasteiger partial charge in [-0.2, -0.15) is 4.52 Å². The van der Waals surface area contributed by atoms with Crippen LogP contribution < -0.4 is 10.2 Å². The van der Waals surface area contributed by atoms with Crippen LogP contribution in [0.1, 0.15) is 25.7 Å². The Labute approximate surface area is 175 Å². The van der Waals surface area contributed by atoms with Crippen LogP contribution in [-0.4, -0.2) is 58.1 Å². The van der Waals surface area contributed by atoms with Gasteiger partial charge in [0.05, 0.1) is 6.10 Å². The van der Waals surface area contributed by atoms with E-state index < -0.39 is 0 Å². The van der Waals surface area contributed by atoms with Gasteiger partial charge in [0, 0.05) is 37.7 Å². The van der Waals surface area contributed by atoms with E-state index in [-0.39, 0.29) is 17.9 Å². The van der Waals surface area contributed by atoms with E-state index in [2.05, 4.69) is 20.4 Å². The van der Waals surface area contributed by atoms with E-state index in [1.807, 2.05) is 42.5 Å². The zero-order chi connectivity index (χ0) is 20.3. The first-order chi connectivity index (χ1) is 14.8. The van der Waals surface area contributed by atoms with Gasteiger partial charge in [0.1, 0.15) is 5.82 Å². The molecule has 0 bridgehead atoms. The van der Waals surface area contributed by atoms with Gasteiger partial charge in [0.15, 0.2) is 11.5 Å². The van der Waals surface area contributed by atoms with Gasteiger partial charge < -0.3 is 15.0 Å². The molecule has 2 aromatic heterocycles. The third-order valence-corrected chi connectivity index (χ3v) is 6.00. The van der Waals surface area contributed by atoms with Gasteiger partial charge in [0.25, 0.3) is 0 Å². The van der Waals surface area contributed by atoms with Crippen LogP contribution in [0.15, 0.2) is 42.5 Å². The van der Waals surface area contributed by atoms with Crippen LogP contribution in [0, 0.1) is 5.92 Å². The second-order valence-corrected chi connectivity index (χ2v) is 7.99. The molecule has 2 saturated heterocycles. The number of hydrogen-bond acceptors (Lipinski definition) is 6. The minimum absolute atomic E-state index is 0.0566. The van der Waals surface area contributed by atoms with Crippen LogP contribution in [0.3, 0.4) is 0 Å². The van der Waals surface area contributed by atoms with E-state index in [1.165, 1.54) is 0 Å². The minimum atomic E-state index is 0.0566. The third kappa shape index (κ3) is 3.87. The molecule has 1 N–H and O–H groups in total. The highest BCUT2D eigenvalue weighted by atomic mass is 16.5. The molecule has 1 aromatic carbocycles. The molecule has 2 aliphatic heterocycles. The Morgan fingerprint density at radius 1 is 1.07 bits per heavy atom. The number of carbonyl (C=O) groups is 1. The Morgan fingerprint density at radius 3 is 2.67 bits per heavy atom. The van der Waals surface area contributed by atoms with Crippen molar-refractivity contribution in [1.29, 1.82) is 0 Å². The van der Waals surface area contributed by atoms with E-state index in [0.717, 1.165) is 68.2 Å². The molecule has 156 valence electrons. The lowest BCUT2D eigenvalue weighted by molar-refractivity contribution is -0.126. The number of anilines is 1. The van der Waals surface area contributed by atoms with E-state index in [4.69, 9.17) is 9.84 Å². The zero-order valence-corrected chi connectivity index (χ0v) is 16.9. The molecule has 30 heavy (non-hydrogen) atoms. The van der Waals surface area contributed by atoms with Crippen molar-refractivity contribution in [1.82, 2.24) is 25.1 Å². The number of nitrogens with zero attached hydrogens (tertiary/aromatic N) is 5. The molecule has 0 spiro atoms. The fraction of sp³-hybridized carbons (Fsp3) is 0.455. The molecular formula is C22H26N6O2. The number of carbonyl (C=O) groups excluding carboxylic acids is 1. The summed E-state index contributed by atoms with van der Waals surface area (Å²) in [5.74, 6) is 1.83. The summed E-state index contributed by atoms with van der Waals surface area (Å²) in [4.78, 5) is 14.8. The van der Waals surface area contributed by atoms with Gasteiger partial charge in [-0.05, 0) is 37.8 Å². The molecule has 2 aliphatic rings. The molecule has 8 heteroatoms. The number of benzene rings is 1. The largest absolute Gasteiger partial charge is 0.376 e. The van der Waals surface area contributed by atoms with Gasteiger partial charge in [-0.25, -0.2) is 0 Å². The molecule has 1 atom stereocenters. The molecule has 0 radical (unpaired) electrons. The summed E-state index contributed by atoms with van der Waals surface area (Å²) in [6.07, 6.45) is 3.97. The Kier molecular flexibility index (Phi) is 5.31. The van der Waals surface area contributed by atoms with Crippen LogP contribution in [-0.2, 0) is 9.53 Å². The number of rotatable bonds is 5. The molecule has 1 amide bonds. The summed E-state index contributed by atoms with van der Waals surface area (Å²) >= 11 is 0. The molecule has 0 aliphatic carbocycles. The number of piperidine rings is 1. The van der Waals surface area contributed by atoms with Crippen LogP contribution in [0.2, 0.25) is 0 Å². The predicted octanol–water partition coefficient (Wildman–Crippen LogP) is 2.30. The number of amides is 1. The Bertz CT molecular complexity index is 1010. The van der Waals surface area contributed by atoms with Gasteiger partial charge in [0.2, 0.25) is 5.91 Å². The van der Waals surface area contributed by atoms with Crippen molar-refractivity contribution in [2.45, 2.75) is 31.8 Å². The fourth-order valence-corrected chi connectivity index (χ4v) is 4.25. The summed E-state index contributed by atoms with van der Waals surface area (Å²) in [6.45, 7) is 3.06. The highest BCUT2D eigenvalue weighted by molar-refractivity contribution is 5.79. The monoisotopic (exact) mass is 406 g/mol. The highest BCUT2D eigenvalue weighted by Crippen LogP contribution is 2.24. The number of aromatic nitrogens is 4. The molecule has 8 nitrogen and oxygen atoms in total. The summed E-state index contributed by atoms with van der Waals surface area (Å²) < 4.78 is 7.39. The molecule has 5 rings (SSSR count). The lowest BCUT2D eigenvalue weighted by atomic mass is 9.96. The summed E-state index contributed by atoms with van der Waals surface area (Å²) in [5.41, 5.74) is 1.71. The van der Waals surface area contributed by atoms with Crippen LogP contribution in [0.25, 0.3) is 17.0 Å². The van der Waals surface area contributed by atoms with Crippen molar-refractivity contribution >= 4 is 17.4 Å². The highest BCUT2D eigenvalue weighted by Gasteiger charge is 2.27. The van der Waals surface area contributed by atoms with Crippen LogP contribution >= 0.6 is 0 Å². The first-order valence-electron chi connectivity index (χ1n) is 10.7. The normalized spacial score (nSPS) is 20.0. The van der Waals surface area contributed by atoms with Gasteiger partial charge in [-0.3, -0.25) is 4.79 Å². The number of ether oxygens (including phenoxy) is 1. The standard InChI is InChI=1S/C22H26N6O2/c29-22(23-15-18-7-4-14-30-18)17-10-12-27(13-11-17)20-9-8-19-24-25-21(28(19)26-20)16-5-2-1-3-6-16/h1-3,5-6,8-9,17-18H,4,7,10-15H2,(H,23,29). The Morgan fingerprint density at radius 2 is 1.90 bits per heavy atom. The van der Waals surface area contributed by atoms with Gasteiger partial charge >= 0.3 is 0 Å². The molecule has 1 unspecified atom stereocenters. The molecule has 2 fully saturated rings. The second kappa shape index (κ2) is 8.39. The van der Waals surface area contributed by atoms with Gasteiger partial charge in [-0.1, -0.05) is 30.3 Å². The smallest absolute Gasteiger partial charge is 0.223 e. The van der Waals surface area contributed by atoms with Crippen molar-refractivity contribution < 1.29 is 9.53 Å². The van der Waals surface area contributed by atoms with Crippen molar-refractivity contribution in [3.63, 3.8) is 0 Å². The van der Waals surface area contributed by atoms with Crippen LogP contribution in [0.5, 0.6) is 0 Å². The number of nitrogens with one attached hydrogen (secondary N) is 1. The summed E-state index contributed by atoms with van der Waals surface area (Å²) in [6, 6.07) is 13.9. The average Bonchev–Trinajstić information content (AvgIpc) is 3.47. The minimum Gasteiger partial charge on any atom is -0.376 e. The van der Waals surface area contributed by atoms with Crippen molar-refractivity contribution in [3.8, 4) is 11.4 Å². The van der Waals surface area contributed by atoms with Crippen molar-refractivity contribution in [2.24, 2.45) is 5.92 Å². The van der Waals surface area contributed by atoms with E-state index in [1.54, 1.807) is 4.52 Å². The molecular weight excluding hydrogens is 380 g/mol. The lowest BCUT2D eigenvalue weighted by Crippen LogP contribution is -2.42. The maximum absolute atomic E-state index is 12.5. The van der Waals surface area contributed by atoms with Gasteiger partial charge in [-0.15, -0.1) is 15.3 Å². The SMILES string of the molecule is O=C(NCC1CCCO1)C1CCN(c2ccc3nnc(-c4ccccc4)n3n2)CC1.